The number of rotatable bonds is 43. The fraction of sp³-hybridized carbons (Fsp3) is 0.692. The first-order chi connectivity index (χ1) is 35.9. The van der Waals surface area contributed by atoms with Crippen LogP contribution < -0.4 is 11.4 Å². The second kappa shape index (κ2) is 39.7. The third kappa shape index (κ3) is 32.0. The van der Waals surface area contributed by atoms with Gasteiger partial charge in [0.05, 0.1) is 31.5 Å². The molecule has 428 valence electrons. The standard InChI is InChI=1S/C52H87N3O18P2/c1-3-5-7-8-9-10-11-12-13-14-15-16-17-18-19-24-28-34-48(60)71-42(38-68-47(59)35-29-33-44(58)43(57)32-27-23-21-20-22-26-31-41(56)30-25-6-4-2)39-69-74(64,65)73-75(66,67)70-40-45-49(61)50(62)51(72-45)55-37-36-46(53)54-52(55)63/h12-13,20-23,26-27,31-32,36-37,41-45,49-51,56-58,61-62H,3-11,14-19,24-25,28-30,33-35,38-40H2,1-2H3,(H,64,65)(H,66,67)(H2,53,54,63)/b13-12-,22-20-,23-21+,31-26+,32-27+/t41-,42-,43-,44-,45-,49-,50-,51-/m1/s1. The van der Waals surface area contributed by atoms with Crippen LogP contribution in [-0.2, 0) is 46.3 Å². The Kier molecular flexibility index (Phi) is 35.7. The van der Waals surface area contributed by atoms with Crippen molar-refractivity contribution in [1.82, 2.24) is 9.55 Å². The first-order valence-electron chi connectivity index (χ1n) is 26.6. The van der Waals surface area contributed by atoms with Crippen LogP contribution in [-0.4, -0.2) is 119 Å². The summed E-state index contributed by atoms with van der Waals surface area (Å²) >= 11 is 0. The van der Waals surface area contributed by atoms with Crippen molar-refractivity contribution in [3.8, 4) is 0 Å². The van der Waals surface area contributed by atoms with Crippen LogP contribution >= 0.6 is 15.6 Å². The average molecular weight is 1100 g/mol. The number of phosphoric ester groups is 2. The number of carbonyl (C=O) groups excluding carboxylic acids is 2. The number of nitrogens with zero attached hydrogens (tertiary/aromatic N) is 2. The summed E-state index contributed by atoms with van der Waals surface area (Å²) in [5.74, 6) is -1.65. The molecule has 0 saturated carbocycles. The third-order valence-corrected chi connectivity index (χ3v) is 14.5. The maximum absolute atomic E-state index is 12.9. The Morgan fingerprint density at radius 2 is 1.28 bits per heavy atom. The number of nitrogen functional groups attached to an aromatic ring is 1. The zero-order valence-corrected chi connectivity index (χ0v) is 45.7. The Labute approximate surface area is 442 Å². The van der Waals surface area contributed by atoms with E-state index in [1.165, 1.54) is 50.7 Å². The number of unbranched alkanes of at least 4 members (excludes halogenated alkanes) is 15. The number of ether oxygens (including phenoxy) is 3. The lowest BCUT2D eigenvalue weighted by atomic mass is 10.1. The zero-order chi connectivity index (χ0) is 55.3. The number of aliphatic hydroxyl groups excluding tert-OH is 5. The summed E-state index contributed by atoms with van der Waals surface area (Å²) in [6, 6.07) is 1.23. The van der Waals surface area contributed by atoms with Gasteiger partial charge in [-0.05, 0) is 57.4 Å². The minimum absolute atomic E-state index is 0.00916. The number of nitrogens with two attached hydrogens (primary N) is 1. The molecular weight excluding hydrogens is 1020 g/mol. The molecule has 1 aromatic heterocycles. The van der Waals surface area contributed by atoms with Crippen LogP contribution in [0.3, 0.4) is 0 Å². The minimum Gasteiger partial charge on any atom is -0.462 e. The molecule has 0 bridgehead atoms. The van der Waals surface area contributed by atoms with Gasteiger partial charge in [0, 0.05) is 19.0 Å². The topological polar surface area (TPSA) is 326 Å². The van der Waals surface area contributed by atoms with Gasteiger partial charge in [0.15, 0.2) is 12.3 Å². The Bertz CT molecular complexity index is 2050. The van der Waals surface area contributed by atoms with Gasteiger partial charge in [0.2, 0.25) is 0 Å². The molecule has 1 fully saturated rings. The van der Waals surface area contributed by atoms with Gasteiger partial charge in [-0.25, -0.2) is 13.9 Å². The molecule has 2 heterocycles. The number of phosphoric acid groups is 2. The first-order valence-corrected chi connectivity index (χ1v) is 29.6. The summed E-state index contributed by atoms with van der Waals surface area (Å²) in [6.45, 7) is 1.72. The smallest absolute Gasteiger partial charge is 0.462 e. The lowest BCUT2D eigenvalue weighted by Gasteiger charge is -2.21. The highest BCUT2D eigenvalue weighted by Gasteiger charge is 2.46. The summed E-state index contributed by atoms with van der Waals surface area (Å²) in [5, 5.41) is 51.6. The number of aromatic nitrogens is 2. The summed E-state index contributed by atoms with van der Waals surface area (Å²) in [7, 11) is -11.0. The van der Waals surface area contributed by atoms with Gasteiger partial charge in [-0.2, -0.15) is 9.29 Å². The molecule has 1 saturated heterocycles. The van der Waals surface area contributed by atoms with E-state index >= 15 is 0 Å². The molecule has 23 heteroatoms. The van der Waals surface area contributed by atoms with Crippen molar-refractivity contribution in [2.45, 2.75) is 210 Å². The predicted molar refractivity (Wildman–Crippen MR) is 284 cm³/mol. The van der Waals surface area contributed by atoms with Crippen molar-refractivity contribution in [2.24, 2.45) is 0 Å². The molecule has 0 spiro atoms. The van der Waals surface area contributed by atoms with E-state index in [1.54, 1.807) is 42.5 Å². The van der Waals surface area contributed by atoms with E-state index < -0.39 is 102 Å². The van der Waals surface area contributed by atoms with Crippen molar-refractivity contribution in [3.63, 3.8) is 0 Å². The lowest BCUT2D eigenvalue weighted by Crippen LogP contribution is -2.36. The van der Waals surface area contributed by atoms with Crippen LogP contribution in [0.5, 0.6) is 0 Å². The monoisotopic (exact) mass is 1100 g/mol. The number of anilines is 1. The van der Waals surface area contributed by atoms with Gasteiger partial charge in [-0.3, -0.25) is 23.2 Å². The van der Waals surface area contributed by atoms with Crippen molar-refractivity contribution in [1.29, 1.82) is 0 Å². The summed E-state index contributed by atoms with van der Waals surface area (Å²) in [6.07, 6.45) is 27.9. The molecule has 1 aliphatic rings. The zero-order valence-electron chi connectivity index (χ0n) is 43.9. The van der Waals surface area contributed by atoms with Crippen LogP contribution in [0.4, 0.5) is 5.82 Å². The minimum atomic E-state index is -5.50. The molecule has 9 N–H and O–H groups in total. The largest absolute Gasteiger partial charge is 0.481 e. The van der Waals surface area contributed by atoms with Gasteiger partial charge in [0.1, 0.15) is 30.7 Å². The highest BCUT2D eigenvalue weighted by atomic mass is 31.3. The molecular formula is C52H87N3O18P2. The summed E-state index contributed by atoms with van der Waals surface area (Å²) in [4.78, 5) is 62.0. The van der Waals surface area contributed by atoms with E-state index in [4.69, 9.17) is 29.0 Å². The van der Waals surface area contributed by atoms with Crippen LogP contribution in [0.2, 0.25) is 0 Å². The van der Waals surface area contributed by atoms with Crippen molar-refractivity contribution < 1.29 is 81.6 Å². The molecule has 1 aromatic rings. The highest BCUT2D eigenvalue weighted by Crippen LogP contribution is 2.60. The Morgan fingerprint density at radius 3 is 1.92 bits per heavy atom. The third-order valence-electron chi connectivity index (χ3n) is 11.9. The van der Waals surface area contributed by atoms with Gasteiger partial charge in [-0.1, -0.05) is 158 Å². The average Bonchev–Trinajstić information content (AvgIpc) is 3.64. The quantitative estimate of drug-likeness (QED) is 0.0101. The Balaban J connectivity index is 1.88. The van der Waals surface area contributed by atoms with Gasteiger partial charge in [0.25, 0.3) is 0 Å². The Hall–Kier alpha value is -3.66. The lowest BCUT2D eigenvalue weighted by molar-refractivity contribution is -0.161. The van der Waals surface area contributed by atoms with Crippen LogP contribution in [0.15, 0.2) is 77.8 Å². The van der Waals surface area contributed by atoms with Crippen LogP contribution in [0, 0.1) is 0 Å². The number of hydrogen-bond acceptors (Lipinski definition) is 18. The maximum atomic E-state index is 12.9. The van der Waals surface area contributed by atoms with E-state index in [1.807, 2.05) is 0 Å². The molecule has 21 nitrogen and oxygen atoms in total. The molecule has 1 aliphatic heterocycles. The van der Waals surface area contributed by atoms with Gasteiger partial charge in [-0.15, -0.1) is 0 Å². The number of aliphatic hydroxyl groups is 5. The van der Waals surface area contributed by atoms with E-state index in [0.717, 1.165) is 81.4 Å². The fourth-order valence-electron chi connectivity index (χ4n) is 7.63. The van der Waals surface area contributed by atoms with Crippen LogP contribution in [0.1, 0.15) is 168 Å². The second-order valence-corrected chi connectivity index (χ2v) is 21.6. The summed E-state index contributed by atoms with van der Waals surface area (Å²) in [5.41, 5.74) is 4.56. The molecule has 75 heavy (non-hydrogen) atoms. The van der Waals surface area contributed by atoms with Gasteiger partial charge < -0.3 is 55.3 Å². The van der Waals surface area contributed by atoms with E-state index in [-0.39, 0.29) is 31.5 Å². The highest BCUT2D eigenvalue weighted by molar-refractivity contribution is 7.61. The van der Waals surface area contributed by atoms with Gasteiger partial charge >= 0.3 is 33.3 Å². The number of hydrogen-bond donors (Lipinski definition) is 8. The van der Waals surface area contributed by atoms with Crippen LogP contribution in [0.25, 0.3) is 0 Å². The fourth-order valence-corrected chi connectivity index (χ4v) is 9.74. The number of allylic oxidation sites excluding steroid dienone is 8. The maximum Gasteiger partial charge on any atom is 0.481 e. The number of carbonyl (C=O) groups is 2. The number of esters is 2. The second-order valence-electron chi connectivity index (χ2n) is 18.6. The molecule has 10 atom stereocenters. The van der Waals surface area contributed by atoms with E-state index in [9.17, 15) is 58.8 Å². The molecule has 0 aromatic carbocycles. The first kappa shape index (κ1) is 67.4. The molecule has 0 aliphatic carbocycles. The van der Waals surface area contributed by atoms with E-state index in [0.29, 0.717) is 12.8 Å². The van der Waals surface area contributed by atoms with E-state index in [2.05, 4.69) is 35.3 Å². The molecule has 2 unspecified atom stereocenters. The molecule has 2 rings (SSSR count). The van der Waals surface area contributed by atoms with Crippen molar-refractivity contribution >= 4 is 33.4 Å². The Morgan fingerprint density at radius 1 is 0.720 bits per heavy atom. The normalized spacial score (nSPS) is 20.5. The molecule has 0 amide bonds. The predicted octanol–water partition coefficient (Wildman–Crippen LogP) is 8.03. The summed E-state index contributed by atoms with van der Waals surface area (Å²) < 4.78 is 56.6. The van der Waals surface area contributed by atoms with Crippen molar-refractivity contribution in [3.05, 3.63) is 83.5 Å². The SMILES string of the molecule is CCCCCCCC/C=C\CCCCCCCCCC(=O)O[C@H](COC(=O)CCC[C@@H](O)[C@H](O)/C=C/C=C/C=C\C=C\[C@H](O)CCCCC)COP(=O)(O)OP(=O)(O)OC[C@H]1O[C@@H](n2ccc(N)nc2=O)[C@H](O)[C@@H]1O. The molecule has 0 radical (unpaired) electrons. The van der Waals surface area contributed by atoms with Crippen molar-refractivity contribution in [2.75, 3.05) is 25.6 Å².